The molecule has 0 aromatic heterocycles. The Hall–Kier alpha value is -1.45. The van der Waals surface area contributed by atoms with Crippen molar-refractivity contribution >= 4 is 28.2 Å². The predicted octanol–water partition coefficient (Wildman–Crippen LogP) is 3.89. The van der Waals surface area contributed by atoms with E-state index in [0.717, 1.165) is 6.42 Å². The van der Waals surface area contributed by atoms with Gasteiger partial charge in [0.15, 0.2) is 5.78 Å². The Morgan fingerprint density at radius 2 is 1.85 bits per heavy atom. The standard InChI is InChI=1S/C16H15ClO2S/c1-2-12-6-8-13(9-7-12)16(18)11-20(19)15-5-3-4-14(17)10-15/h3-10H,2,11H2,1H3. The second-order valence-electron chi connectivity index (χ2n) is 4.42. The summed E-state index contributed by atoms with van der Waals surface area (Å²) in [7, 11) is -1.37. The zero-order chi connectivity index (χ0) is 14.5. The maximum Gasteiger partial charge on any atom is 0.175 e. The van der Waals surface area contributed by atoms with Crippen molar-refractivity contribution in [2.75, 3.05) is 5.75 Å². The van der Waals surface area contributed by atoms with Gasteiger partial charge in [-0.15, -0.1) is 0 Å². The van der Waals surface area contributed by atoms with Gasteiger partial charge in [-0.25, -0.2) is 0 Å². The summed E-state index contributed by atoms with van der Waals surface area (Å²) in [6, 6.07) is 14.2. The largest absolute Gasteiger partial charge is 0.293 e. The van der Waals surface area contributed by atoms with Crippen LogP contribution in [0.4, 0.5) is 0 Å². The number of halogens is 1. The minimum atomic E-state index is -1.37. The van der Waals surface area contributed by atoms with Crippen molar-refractivity contribution in [1.29, 1.82) is 0 Å². The fourth-order valence-electron chi connectivity index (χ4n) is 1.82. The van der Waals surface area contributed by atoms with E-state index < -0.39 is 10.8 Å². The highest BCUT2D eigenvalue weighted by molar-refractivity contribution is 7.85. The molecule has 0 aliphatic rings. The molecule has 2 nitrogen and oxygen atoms in total. The second-order valence-corrected chi connectivity index (χ2v) is 6.31. The number of carbonyl (C=O) groups is 1. The molecule has 0 radical (unpaired) electrons. The Morgan fingerprint density at radius 3 is 2.45 bits per heavy atom. The maximum atomic E-state index is 12.1. The van der Waals surface area contributed by atoms with E-state index in [1.165, 1.54) is 5.56 Å². The van der Waals surface area contributed by atoms with Crippen LogP contribution in [0.15, 0.2) is 53.4 Å². The van der Waals surface area contributed by atoms with Gasteiger partial charge in [0.2, 0.25) is 0 Å². The highest BCUT2D eigenvalue weighted by atomic mass is 35.5. The average molecular weight is 307 g/mol. The smallest absolute Gasteiger partial charge is 0.175 e. The molecule has 0 aliphatic heterocycles. The third-order valence-electron chi connectivity index (χ3n) is 3.01. The van der Waals surface area contributed by atoms with E-state index in [-0.39, 0.29) is 11.5 Å². The summed E-state index contributed by atoms with van der Waals surface area (Å²) in [4.78, 5) is 12.7. The van der Waals surface area contributed by atoms with Gasteiger partial charge >= 0.3 is 0 Å². The van der Waals surface area contributed by atoms with E-state index in [2.05, 4.69) is 6.92 Å². The summed E-state index contributed by atoms with van der Waals surface area (Å²) in [5.74, 6) is -0.141. The fourth-order valence-corrected chi connectivity index (χ4v) is 3.14. The van der Waals surface area contributed by atoms with Crippen molar-refractivity contribution in [3.63, 3.8) is 0 Å². The molecule has 104 valence electrons. The summed E-state index contributed by atoms with van der Waals surface area (Å²) < 4.78 is 12.1. The van der Waals surface area contributed by atoms with Gasteiger partial charge in [-0.05, 0) is 30.2 Å². The van der Waals surface area contributed by atoms with Gasteiger partial charge in [-0.3, -0.25) is 9.00 Å². The SMILES string of the molecule is CCc1ccc(C(=O)CS(=O)c2cccc(Cl)c2)cc1. The number of hydrogen-bond donors (Lipinski definition) is 0. The van der Waals surface area contributed by atoms with E-state index >= 15 is 0 Å². The zero-order valence-corrected chi connectivity index (χ0v) is 12.7. The molecule has 1 unspecified atom stereocenters. The quantitative estimate of drug-likeness (QED) is 0.785. The lowest BCUT2D eigenvalue weighted by molar-refractivity contribution is 0.102. The molecule has 0 bridgehead atoms. The number of rotatable bonds is 5. The van der Waals surface area contributed by atoms with Crippen molar-refractivity contribution in [3.8, 4) is 0 Å². The Labute approximate surface area is 126 Å². The summed E-state index contributed by atoms with van der Waals surface area (Å²) in [6.07, 6.45) is 0.933. The van der Waals surface area contributed by atoms with Crippen LogP contribution in [0.3, 0.4) is 0 Å². The molecule has 2 rings (SSSR count). The van der Waals surface area contributed by atoms with Crippen LogP contribution in [0.5, 0.6) is 0 Å². The summed E-state index contributed by atoms with van der Waals surface area (Å²) in [6.45, 7) is 2.06. The molecular weight excluding hydrogens is 292 g/mol. The summed E-state index contributed by atoms with van der Waals surface area (Å²) in [5, 5.41) is 0.524. The topological polar surface area (TPSA) is 34.1 Å². The molecular formula is C16H15ClO2S. The first-order valence-corrected chi connectivity index (χ1v) is 8.06. The predicted molar refractivity (Wildman–Crippen MR) is 82.9 cm³/mol. The average Bonchev–Trinajstić information content (AvgIpc) is 2.47. The highest BCUT2D eigenvalue weighted by Gasteiger charge is 2.12. The minimum Gasteiger partial charge on any atom is -0.293 e. The number of benzene rings is 2. The normalized spacial score (nSPS) is 12.1. The van der Waals surface area contributed by atoms with Gasteiger partial charge in [0, 0.05) is 15.5 Å². The van der Waals surface area contributed by atoms with Gasteiger partial charge in [0.05, 0.1) is 16.6 Å². The summed E-state index contributed by atoms with van der Waals surface area (Å²) >= 11 is 5.86. The van der Waals surface area contributed by atoms with Gasteiger partial charge < -0.3 is 0 Å². The molecule has 0 aliphatic carbocycles. The number of Topliss-reactive ketones (excluding diaryl/α,β-unsaturated/α-hetero) is 1. The van der Waals surface area contributed by atoms with Gasteiger partial charge in [-0.2, -0.15) is 0 Å². The zero-order valence-electron chi connectivity index (χ0n) is 11.1. The molecule has 0 saturated heterocycles. The monoisotopic (exact) mass is 306 g/mol. The fraction of sp³-hybridized carbons (Fsp3) is 0.188. The Balaban J connectivity index is 2.08. The lowest BCUT2D eigenvalue weighted by Crippen LogP contribution is -2.11. The molecule has 0 fully saturated rings. The molecule has 0 spiro atoms. The van der Waals surface area contributed by atoms with E-state index in [9.17, 15) is 9.00 Å². The molecule has 0 N–H and O–H groups in total. The first-order valence-electron chi connectivity index (χ1n) is 6.36. The first kappa shape index (κ1) is 14.9. The van der Waals surface area contributed by atoms with Crippen LogP contribution in [0, 0.1) is 0 Å². The highest BCUT2D eigenvalue weighted by Crippen LogP contribution is 2.15. The Morgan fingerprint density at radius 1 is 1.15 bits per heavy atom. The van der Waals surface area contributed by atoms with Crippen molar-refractivity contribution in [2.24, 2.45) is 0 Å². The van der Waals surface area contributed by atoms with Gasteiger partial charge in [0.25, 0.3) is 0 Å². The van der Waals surface area contributed by atoms with Crippen LogP contribution in [-0.4, -0.2) is 15.7 Å². The lowest BCUT2D eigenvalue weighted by atomic mass is 10.1. The van der Waals surface area contributed by atoms with Crippen molar-refractivity contribution in [1.82, 2.24) is 0 Å². The Bertz CT molecular complexity index is 635. The molecule has 0 heterocycles. The molecule has 4 heteroatoms. The molecule has 0 amide bonds. The lowest BCUT2D eigenvalue weighted by Gasteiger charge is -2.04. The van der Waals surface area contributed by atoms with Crippen LogP contribution in [0.25, 0.3) is 0 Å². The van der Waals surface area contributed by atoms with Gasteiger partial charge in [-0.1, -0.05) is 48.9 Å². The van der Waals surface area contributed by atoms with E-state index in [0.29, 0.717) is 15.5 Å². The maximum absolute atomic E-state index is 12.1. The van der Waals surface area contributed by atoms with E-state index in [4.69, 9.17) is 11.6 Å². The van der Waals surface area contributed by atoms with Crippen LogP contribution in [-0.2, 0) is 17.2 Å². The van der Waals surface area contributed by atoms with Crippen molar-refractivity contribution < 1.29 is 9.00 Å². The molecule has 2 aromatic carbocycles. The van der Waals surface area contributed by atoms with Crippen LogP contribution in [0.2, 0.25) is 5.02 Å². The number of ketones is 1. The molecule has 0 saturated carbocycles. The van der Waals surface area contributed by atoms with Crippen LogP contribution < -0.4 is 0 Å². The minimum absolute atomic E-state index is 0.0220. The number of carbonyl (C=O) groups excluding carboxylic acids is 1. The third kappa shape index (κ3) is 3.78. The van der Waals surface area contributed by atoms with Crippen molar-refractivity contribution in [2.45, 2.75) is 18.2 Å². The van der Waals surface area contributed by atoms with Crippen molar-refractivity contribution in [3.05, 3.63) is 64.7 Å². The number of hydrogen-bond acceptors (Lipinski definition) is 2. The molecule has 1 atom stereocenters. The van der Waals surface area contributed by atoms with Crippen LogP contribution in [0.1, 0.15) is 22.8 Å². The summed E-state index contributed by atoms with van der Waals surface area (Å²) in [5.41, 5.74) is 1.77. The van der Waals surface area contributed by atoms with Crippen LogP contribution >= 0.6 is 11.6 Å². The Kier molecular flexibility index (Phi) is 5.10. The molecule has 20 heavy (non-hydrogen) atoms. The van der Waals surface area contributed by atoms with E-state index in [1.807, 2.05) is 12.1 Å². The van der Waals surface area contributed by atoms with E-state index in [1.54, 1.807) is 36.4 Å². The second kappa shape index (κ2) is 6.82. The third-order valence-corrected chi connectivity index (χ3v) is 4.54. The number of aryl methyl sites for hydroxylation is 1. The van der Waals surface area contributed by atoms with Gasteiger partial charge in [0.1, 0.15) is 0 Å². The molecule has 2 aromatic rings. The first-order chi connectivity index (χ1) is 9.60.